The molecule has 4 rings (SSSR count). The summed E-state index contributed by atoms with van der Waals surface area (Å²) >= 11 is 7.13. The zero-order valence-corrected chi connectivity index (χ0v) is 17.9. The Kier molecular flexibility index (Phi) is 6.20. The average molecular weight is 442 g/mol. The molecule has 0 aliphatic carbocycles. The summed E-state index contributed by atoms with van der Waals surface area (Å²) in [6.45, 7) is 2.37. The first-order valence-corrected chi connectivity index (χ1v) is 11.0. The van der Waals surface area contributed by atoms with Gasteiger partial charge in [-0.25, -0.2) is 0 Å². The molecule has 0 saturated carbocycles. The van der Waals surface area contributed by atoms with E-state index in [1.165, 1.54) is 16.7 Å². The van der Waals surface area contributed by atoms with Crippen molar-refractivity contribution >= 4 is 35.2 Å². The number of carbonyl (C=O) groups is 2. The second-order valence-electron chi connectivity index (χ2n) is 7.09. The van der Waals surface area contributed by atoms with E-state index in [2.05, 4.69) is 10.2 Å². The van der Waals surface area contributed by atoms with Gasteiger partial charge in [-0.1, -0.05) is 48.0 Å². The number of amides is 2. The zero-order valence-electron chi connectivity index (χ0n) is 16.4. The number of benzene rings is 2. The molecular formula is C22H20ClN3O3S. The molecule has 1 unspecified atom stereocenters. The van der Waals surface area contributed by atoms with Gasteiger partial charge in [0.25, 0.3) is 11.1 Å². The number of carbonyl (C=O) groups excluding carboxylic acids is 2. The molecule has 6 nitrogen and oxygen atoms in total. The van der Waals surface area contributed by atoms with Gasteiger partial charge in [0.15, 0.2) is 0 Å². The molecule has 1 aromatic heterocycles. The Morgan fingerprint density at radius 2 is 1.90 bits per heavy atom. The van der Waals surface area contributed by atoms with Crippen molar-refractivity contribution in [3.05, 3.63) is 64.7 Å². The van der Waals surface area contributed by atoms with E-state index in [1.54, 1.807) is 24.3 Å². The second kappa shape index (κ2) is 9.02. The third kappa shape index (κ3) is 4.42. The monoisotopic (exact) mass is 441 g/mol. The lowest BCUT2D eigenvalue weighted by molar-refractivity contribution is -0.127. The smallest absolute Gasteiger partial charge is 0.277 e. The number of imide groups is 1. The zero-order chi connectivity index (χ0) is 21.1. The molecule has 1 aliphatic rings. The average Bonchev–Trinajstić information content (AvgIpc) is 3.13. The maximum atomic E-state index is 13.1. The summed E-state index contributed by atoms with van der Waals surface area (Å²) in [5.74, 6) is -0.117. The summed E-state index contributed by atoms with van der Waals surface area (Å²) in [5, 5.41) is 8.66. The number of hydrogen-bond acceptors (Lipinski definition) is 6. The standard InChI is InChI=1S/C22H20ClN3O3S/c1-14-6-2-3-7-17(14)19-24-25-22(29-19)30-18-8-4-5-13-26(21(18)28)20(27)15-9-11-16(23)12-10-15/h2-3,6-7,9-12,18H,4-5,8,13H2,1H3. The predicted octanol–water partition coefficient (Wildman–Crippen LogP) is 5.01. The van der Waals surface area contributed by atoms with Gasteiger partial charge in [-0.15, -0.1) is 10.2 Å². The molecule has 1 aliphatic heterocycles. The van der Waals surface area contributed by atoms with Crippen molar-refractivity contribution in [2.45, 2.75) is 36.7 Å². The van der Waals surface area contributed by atoms with Gasteiger partial charge in [0.1, 0.15) is 0 Å². The molecule has 8 heteroatoms. The molecule has 0 N–H and O–H groups in total. The Balaban J connectivity index is 1.51. The lowest BCUT2D eigenvalue weighted by atomic mass is 10.1. The van der Waals surface area contributed by atoms with Gasteiger partial charge in [0, 0.05) is 22.7 Å². The summed E-state index contributed by atoms with van der Waals surface area (Å²) in [5.41, 5.74) is 2.34. The van der Waals surface area contributed by atoms with Gasteiger partial charge in [-0.2, -0.15) is 0 Å². The van der Waals surface area contributed by atoms with E-state index in [1.807, 2.05) is 31.2 Å². The fraction of sp³-hybridized carbons (Fsp3) is 0.273. The number of aryl methyl sites for hydroxylation is 1. The van der Waals surface area contributed by atoms with Crippen LogP contribution in [-0.2, 0) is 4.79 Å². The van der Waals surface area contributed by atoms with Crippen molar-refractivity contribution in [2.24, 2.45) is 0 Å². The number of aromatic nitrogens is 2. The summed E-state index contributed by atoms with van der Waals surface area (Å²) in [6, 6.07) is 14.3. The van der Waals surface area contributed by atoms with E-state index in [9.17, 15) is 9.59 Å². The van der Waals surface area contributed by atoms with Crippen LogP contribution >= 0.6 is 23.4 Å². The van der Waals surface area contributed by atoms with Gasteiger partial charge in [0.2, 0.25) is 11.8 Å². The van der Waals surface area contributed by atoms with Gasteiger partial charge in [0.05, 0.1) is 5.25 Å². The van der Waals surface area contributed by atoms with Crippen LogP contribution < -0.4 is 0 Å². The normalized spacial score (nSPS) is 17.1. The molecule has 2 amide bonds. The molecular weight excluding hydrogens is 422 g/mol. The lowest BCUT2D eigenvalue weighted by Gasteiger charge is -2.21. The van der Waals surface area contributed by atoms with Crippen molar-refractivity contribution < 1.29 is 14.0 Å². The van der Waals surface area contributed by atoms with Crippen LogP contribution in [-0.4, -0.2) is 38.7 Å². The van der Waals surface area contributed by atoms with Crippen LogP contribution in [0.5, 0.6) is 0 Å². The minimum absolute atomic E-state index is 0.229. The second-order valence-corrected chi connectivity index (χ2v) is 8.68. The van der Waals surface area contributed by atoms with Gasteiger partial charge in [-0.3, -0.25) is 14.5 Å². The SMILES string of the molecule is Cc1ccccc1-c1nnc(SC2CCCCN(C(=O)c3ccc(Cl)cc3)C2=O)o1. The quantitative estimate of drug-likeness (QED) is 0.529. The highest BCUT2D eigenvalue weighted by atomic mass is 35.5. The van der Waals surface area contributed by atoms with E-state index in [4.69, 9.17) is 16.0 Å². The number of halogens is 1. The highest BCUT2D eigenvalue weighted by Crippen LogP contribution is 2.32. The Labute approximate surface area is 183 Å². The fourth-order valence-corrected chi connectivity index (χ4v) is 4.46. The summed E-state index contributed by atoms with van der Waals surface area (Å²) in [6.07, 6.45) is 2.25. The molecule has 1 fully saturated rings. The van der Waals surface area contributed by atoms with E-state index in [0.29, 0.717) is 34.7 Å². The largest absolute Gasteiger partial charge is 0.411 e. The molecule has 1 atom stereocenters. The van der Waals surface area contributed by atoms with Crippen LogP contribution in [0.15, 0.2) is 58.2 Å². The van der Waals surface area contributed by atoms with Crippen molar-refractivity contribution in [2.75, 3.05) is 6.54 Å². The number of likely N-dealkylation sites (tertiary alicyclic amines) is 1. The maximum Gasteiger partial charge on any atom is 0.277 e. The summed E-state index contributed by atoms with van der Waals surface area (Å²) < 4.78 is 5.81. The van der Waals surface area contributed by atoms with Crippen LogP contribution in [0.2, 0.25) is 5.02 Å². The van der Waals surface area contributed by atoms with Crippen molar-refractivity contribution in [1.29, 1.82) is 0 Å². The molecule has 154 valence electrons. The van der Waals surface area contributed by atoms with Gasteiger partial charge < -0.3 is 4.42 Å². The molecule has 3 aromatic rings. The lowest BCUT2D eigenvalue weighted by Crippen LogP contribution is -2.41. The highest BCUT2D eigenvalue weighted by Gasteiger charge is 2.33. The van der Waals surface area contributed by atoms with Crippen LogP contribution in [0.4, 0.5) is 0 Å². The molecule has 0 spiro atoms. The Morgan fingerprint density at radius 1 is 1.13 bits per heavy atom. The molecule has 0 radical (unpaired) electrons. The third-order valence-corrected chi connectivity index (χ3v) is 6.34. The van der Waals surface area contributed by atoms with E-state index in [0.717, 1.165) is 24.0 Å². The number of thioether (sulfide) groups is 1. The van der Waals surface area contributed by atoms with Crippen LogP contribution in [0.1, 0.15) is 35.2 Å². The number of hydrogen-bond donors (Lipinski definition) is 0. The first kappa shape index (κ1) is 20.6. The van der Waals surface area contributed by atoms with E-state index >= 15 is 0 Å². The highest BCUT2D eigenvalue weighted by molar-refractivity contribution is 8.00. The number of rotatable bonds is 4. The Morgan fingerprint density at radius 3 is 2.67 bits per heavy atom. The minimum Gasteiger partial charge on any atom is -0.411 e. The Bertz CT molecular complexity index is 1070. The minimum atomic E-state index is -0.450. The topological polar surface area (TPSA) is 76.3 Å². The third-order valence-electron chi connectivity index (χ3n) is 5.00. The van der Waals surface area contributed by atoms with Crippen LogP contribution in [0.3, 0.4) is 0 Å². The van der Waals surface area contributed by atoms with E-state index in [-0.39, 0.29) is 11.8 Å². The fourth-order valence-electron chi connectivity index (χ4n) is 3.37. The molecule has 1 saturated heterocycles. The van der Waals surface area contributed by atoms with Gasteiger partial charge in [-0.05, 0) is 55.7 Å². The van der Waals surface area contributed by atoms with Crippen LogP contribution in [0, 0.1) is 6.92 Å². The molecule has 2 heterocycles. The van der Waals surface area contributed by atoms with Gasteiger partial charge >= 0.3 is 0 Å². The first-order chi connectivity index (χ1) is 14.5. The van der Waals surface area contributed by atoms with Crippen molar-refractivity contribution in [1.82, 2.24) is 15.1 Å². The first-order valence-electron chi connectivity index (χ1n) is 9.70. The predicted molar refractivity (Wildman–Crippen MR) is 115 cm³/mol. The van der Waals surface area contributed by atoms with Crippen LogP contribution in [0.25, 0.3) is 11.5 Å². The molecule has 2 aromatic carbocycles. The molecule has 0 bridgehead atoms. The summed E-state index contributed by atoms with van der Waals surface area (Å²) in [4.78, 5) is 27.4. The van der Waals surface area contributed by atoms with Crippen molar-refractivity contribution in [3.8, 4) is 11.5 Å². The Hall–Kier alpha value is -2.64. The summed E-state index contributed by atoms with van der Waals surface area (Å²) in [7, 11) is 0. The van der Waals surface area contributed by atoms with Crippen molar-refractivity contribution in [3.63, 3.8) is 0 Å². The molecule has 30 heavy (non-hydrogen) atoms. The number of nitrogens with zero attached hydrogens (tertiary/aromatic N) is 3. The maximum absolute atomic E-state index is 13.1. The van der Waals surface area contributed by atoms with E-state index < -0.39 is 5.25 Å².